The van der Waals surface area contributed by atoms with Crippen LogP contribution in [0, 0.1) is 0 Å². The van der Waals surface area contributed by atoms with E-state index in [9.17, 15) is 4.79 Å². The highest BCUT2D eigenvalue weighted by Gasteiger charge is 2.50. The minimum absolute atomic E-state index is 0.0668. The van der Waals surface area contributed by atoms with Crippen molar-refractivity contribution in [2.75, 3.05) is 21.0 Å². The highest BCUT2D eigenvalue weighted by atomic mass is 16.7. The molecule has 0 spiro atoms. The maximum atomic E-state index is 13.7. The maximum absolute atomic E-state index is 13.7. The number of carbonyl (C=O) groups is 1. The summed E-state index contributed by atoms with van der Waals surface area (Å²) in [6.45, 7) is -0.0668. The quantitative estimate of drug-likeness (QED) is 0.601. The molecule has 0 aromatic heterocycles. The normalized spacial score (nSPS) is 21.9. The molecule has 2 N–H and O–H groups in total. The average Bonchev–Trinajstić information content (AvgIpc) is 2.72. The summed E-state index contributed by atoms with van der Waals surface area (Å²) in [5, 5.41) is 0. The lowest BCUT2D eigenvalue weighted by atomic mass is 9.73. The molecule has 1 aliphatic carbocycles. The Morgan fingerprint density at radius 3 is 2.26 bits per heavy atom. The summed E-state index contributed by atoms with van der Waals surface area (Å²) >= 11 is 0. The number of rotatable bonds is 7. The largest absolute Gasteiger partial charge is 0.500 e. The zero-order valence-corrected chi connectivity index (χ0v) is 15.4. The molecule has 0 radical (unpaired) electrons. The van der Waals surface area contributed by atoms with E-state index in [1.54, 1.807) is 31.4 Å². The smallest absolute Gasteiger partial charge is 0.199 e. The zero-order chi connectivity index (χ0) is 19.3. The molecule has 2 aromatic rings. The van der Waals surface area contributed by atoms with Gasteiger partial charge >= 0.3 is 0 Å². The van der Waals surface area contributed by atoms with Crippen molar-refractivity contribution in [3.05, 3.63) is 95.4 Å². The van der Waals surface area contributed by atoms with Crippen LogP contribution < -0.4 is 5.73 Å². The molecule has 5 nitrogen and oxygen atoms in total. The van der Waals surface area contributed by atoms with E-state index in [1.165, 1.54) is 7.11 Å². The molecule has 2 atom stereocenters. The molecule has 27 heavy (non-hydrogen) atoms. The van der Waals surface area contributed by atoms with Crippen molar-refractivity contribution in [1.29, 1.82) is 0 Å². The minimum atomic E-state index is -1.39. The lowest BCUT2D eigenvalue weighted by Gasteiger charge is -2.40. The number of hydrogen-bond donors (Lipinski definition) is 1. The third kappa shape index (κ3) is 3.65. The number of Topliss-reactive ketones (excluding diaryl/α,β-unsaturated/α-hetero) is 1. The molecule has 0 bridgehead atoms. The predicted octanol–water partition coefficient (Wildman–Crippen LogP) is 3.40. The number of methoxy groups -OCH3 is 2. The van der Waals surface area contributed by atoms with Crippen molar-refractivity contribution in [3.8, 4) is 0 Å². The predicted molar refractivity (Wildman–Crippen MR) is 103 cm³/mol. The van der Waals surface area contributed by atoms with Crippen LogP contribution in [0.1, 0.15) is 21.8 Å². The van der Waals surface area contributed by atoms with E-state index in [0.29, 0.717) is 17.0 Å². The van der Waals surface area contributed by atoms with Crippen LogP contribution in [0.5, 0.6) is 0 Å². The number of ether oxygens (including phenoxy) is 3. The molecule has 0 heterocycles. The van der Waals surface area contributed by atoms with Crippen LogP contribution in [0.3, 0.4) is 0 Å². The lowest BCUT2D eigenvalue weighted by Crippen LogP contribution is -2.49. The van der Waals surface area contributed by atoms with Crippen molar-refractivity contribution >= 4 is 5.78 Å². The summed E-state index contributed by atoms with van der Waals surface area (Å²) in [7, 11) is 3.08. The van der Waals surface area contributed by atoms with Gasteiger partial charge in [-0.3, -0.25) is 4.79 Å². The maximum Gasteiger partial charge on any atom is 0.199 e. The van der Waals surface area contributed by atoms with E-state index in [4.69, 9.17) is 19.9 Å². The Bertz CT molecular complexity index is 845. The third-order valence-electron chi connectivity index (χ3n) is 4.58. The van der Waals surface area contributed by atoms with Crippen molar-refractivity contribution in [2.45, 2.75) is 11.5 Å². The first-order chi connectivity index (χ1) is 13.1. The standard InChI is InChI=1S/C22H23NO4/c1-25-15-27-22(21(24)17-11-7-4-8-12-17)14-18(23)13-19(26-2)20(22)16-9-5-3-6-10-16/h3-14,20H,15,23H2,1-2H3. The van der Waals surface area contributed by atoms with Gasteiger partial charge in [-0.15, -0.1) is 0 Å². The first kappa shape index (κ1) is 18.9. The summed E-state index contributed by atoms with van der Waals surface area (Å²) in [4.78, 5) is 13.7. The van der Waals surface area contributed by atoms with Crippen LogP contribution in [0.25, 0.3) is 0 Å². The SMILES string of the molecule is COCOC1(C(=O)c2ccccc2)C=C(N)C=C(OC)C1c1ccccc1. The number of nitrogens with two attached hydrogens (primary N) is 1. The molecule has 0 aliphatic heterocycles. The van der Waals surface area contributed by atoms with E-state index in [2.05, 4.69) is 0 Å². The van der Waals surface area contributed by atoms with Crippen LogP contribution in [-0.2, 0) is 14.2 Å². The minimum Gasteiger partial charge on any atom is -0.500 e. The fraction of sp³-hybridized carbons (Fsp3) is 0.227. The molecular weight excluding hydrogens is 342 g/mol. The summed E-state index contributed by atoms with van der Waals surface area (Å²) < 4.78 is 16.8. The molecule has 140 valence electrons. The van der Waals surface area contributed by atoms with Crippen molar-refractivity contribution < 1.29 is 19.0 Å². The molecule has 2 unspecified atom stereocenters. The second kappa shape index (κ2) is 8.20. The summed E-state index contributed by atoms with van der Waals surface area (Å²) in [6.07, 6.45) is 3.38. The summed E-state index contributed by atoms with van der Waals surface area (Å²) in [5.74, 6) is -0.153. The van der Waals surface area contributed by atoms with Crippen LogP contribution in [-0.4, -0.2) is 32.4 Å². The Hall–Kier alpha value is -2.89. The first-order valence-electron chi connectivity index (χ1n) is 8.64. The van der Waals surface area contributed by atoms with Crippen molar-refractivity contribution in [3.63, 3.8) is 0 Å². The van der Waals surface area contributed by atoms with Gasteiger partial charge in [-0.25, -0.2) is 0 Å². The average molecular weight is 365 g/mol. The van der Waals surface area contributed by atoms with E-state index >= 15 is 0 Å². The molecule has 0 saturated heterocycles. The van der Waals surface area contributed by atoms with Gasteiger partial charge < -0.3 is 19.9 Å². The van der Waals surface area contributed by atoms with Crippen molar-refractivity contribution in [2.24, 2.45) is 5.73 Å². The van der Waals surface area contributed by atoms with Crippen LogP contribution >= 0.6 is 0 Å². The lowest BCUT2D eigenvalue weighted by molar-refractivity contribution is -0.101. The monoisotopic (exact) mass is 365 g/mol. The topological polar surface area (TPSA) is 70.8 Å². The fourth-order valence-electron chi connectivity index (χ4n) is 3.42. The molecule has 2 aromatic carbocycles. The zero-order valence-electron chi connectivity index (χ0n) is 15.4. The first-order valence-corrected chi connectivity index (χ1v) is 8.64. The Balaban J connectivity index is 2.21. The van der Waals surface area contributed by atoms with Gasteiger partial charge in [0.05, 0.1) is 13.0 Å². The highest BCUT2D eigenvalue weighted by molar-refractivity contribution is 6.05. The summed E-state index contributed by atoms with van der Waals surface area (Å²) in [6, 6.07) is 18.6. The van der Waals surface area contributed by atoms with Crippen LogP contribution in [0.4, 0.5) is 0 Å². The van der Waals surface area contributed by atoms with Gasteiger partial charge in [0.15, 0.2) is 11.4 Å². The molecule has 5 heteroatoms. The van der Waals surface area contributed by atoms with E-state index in [1.807, 2.05) is 48.5 Å². The molecule has 1 aliphatic rings. The Morgan fingerprint density at radius 2 is 1.67 bits per heavy atom. The van der Waals surface area contributed by atoms with Gasteiger partial charge in [-0.2, -0.15) is 0 Å². The second-order valence-corrected chi connectivity index (χ2v) is 6.28. The fourth-order valence-corrected chi connectivity index (χ4v) is 3.42. The Kier molecular flexibility index (Phi) is 5.74. The molecule has 0 fully saturated rings. The molecule has 0 saturated carbocycles. The van der Waals surface area contributed by atoms with Gasteiger partial charge in [0.25, 0.3) is 0 Å². The summed E-state index contributed by atoms with van der Waals surface area (Å²) in [5.41, 5.74) is 6.56. The number of allylic oxidation sites excluding steroid dienone is 1. The van der Waals surface area contributed by atoms with Gasteiger partial charge in [-0.05, 0) is 17.7 Å². The number of benzene rings is 2. The number of ketones is 1. The second-order valence-electron chi connectivity index (χ2n) is 6.28. The van der Waals surface area contributed by atoms with Crippen LogP contribution in [0.2, 0.25) is 0 Å². The Labute approximate surface area is 159 Å². The third-order valence-corrected chi connectivity index (χ3v) is 4.58. The van der Waals surface area contributed by atoms with Gasteiger partial charge in [0.2, 0.25) is 0 Å². The van der Waals surface area contributed by atoms with Crippen molar-refractivity contribution in [1.82, 2.24) is 0 Å². The molecule has 0 amide bonds. The highest BCUT2D eigenvalue weighted by Crippen LogP contribution is 2.44. The molecular formula is C22H23NO4. The number of carbonyl (C=O) groups excluding carboxylic acids is 1. The number of hydrogen-bond acceptors (Lipinski definition) is 5. The molecule has 3 rings (SSSR count). The van der Waals surface area contributed by atoms with E-state index in [0.717, 1.165) is 5.56 Å². The van der Waals surface area contributed by atoms with Gasteiger partial charge in [0, 0.05) is 18.4 Å². The van der Waals surface area contributed by atoms with E-state index < -0.39 is 11.5 Å². The van der Waals surface area contributed by atoms with Gasteiger partial charge in [-0.1, -0.05) is 60.7 Å². The van der Waals surface area contributed by atoms with E-state index in [-0.39, 0.29) is 12.6 Å². The van der Waals surface area contributed by atoms with Gasteiger partial charge in [0.1, 0.15) is 12.6 Å². The van der Waals surface area contributed by atoms with Crippen LogP contribution in [0.15, 0.2) is 84.3 Å². The Morgan fingerprint density at radius 1 is 1.04 bits per heavy atom.